The van der Waals surface area contributed by atoms with Crippen LogP contribution in [0.2, 0.25) is 0 Å². The maximum atomic E-state index is 11.4. The number of hydrogen-bond acceptors (Lipinski definition) is 5. The highest BCUT2D eigenvalue weighted by atomic mass is 16.5. The summed E-state index contributed by atoms with van der Waals surface area (Å²) in [4.78, 5) is 11.4. The van der Waals surface area contributed by atoms with Crippen LogP contribution >= 0.6 is 0 Å². The first kappa shape index (κ1) is 29.3. The Morgan fingerprint density at radius 2 is 1.81 bits per heavy atom. The summed E-state index contributed by atoms with van der Waals surface area (Å²) in [5, 5.41) is 10.0. The predicted molar refractivity (Wildman–Crippen MR) is 111 cm³/mol. The topological polar surface area (TPSA) is 67.8 Å². The van der Waals surface area contributed by atoms with Crippen molar-refractivity contribution in [1.82, 2.24) is 5.32 Å². The smallest absolute Gasteiger partial charge is 0.317 e. The van der Waals surface area contributed by atoms with Crippen LogP contribution in [0.3, 0.4) is 0 Å². The fraction of sp³-hybridized carbons (Fsp3) is 0.667. The number of ether oxygens (including phenoxy) is 2. The van der Waals surface area contributed by atoms with Crippen molar-refractivity contribution in [2.24, 2.45) is 5.41 Å². The van der Waals surface area contributed by atoms with E-state index < -0.39 is 5.41 Å². The summed E-state index contributed by atoms with van der Waals surface area (Å²) in [7, 11) is 2.60. The lowest BCUT2D eigenvalue weighted by Gasteiger charge is -2.39. The van der Waals surface area contributed by atoms with Gasteiger partial charge in [0.2, 0.25) is 0 Å². The summed E-state index contributed by atoms with van der Waals surface area (Å²) in [6.45, 7) is 15.9. The molecule has 1 aliphatic heterocycles. The fourth-order valence-electron chi connectivity index (χ4n) is 2.00. The molecule has 1 aliphatic rings. The molecule has 1 fully saturated rings. The van der Waals surface area contributed by atoms with Gasteiger partial charge in [0.15, 0.2) is 0 Å². The maximum Gasteiger partial charge on any atom is 0.317 e. The predicted octanol–water partition coefficient (Wildman–Crippen LogP) is 3.90. The highest BCUT2D eigenvalue weighted by Crippen LogP contribution is 2.24. The number of esters is 1. The number of nitrogens with one attached hydrogen (secondary N) is 1. The van der Waals surface area contributed by atoms with Crippen LogP contribution in [-0.4, -0.2) is 51.6 Å². The van der Waals surface area contributed by atoms with Crippen LogP contribution < -0.4 is 5.32 Å². The molecule has 0 aliphatic carbocycles. The van der Waals surface area contributed by atoms with Gasteiger partial charge in [-0.05, 0) is 26.7 Å². The Balaban J connectivity index is -0.000000346. The first-order valence-electron chi connectivity index (χ1n) is 9.31. The third-order valence-corrected chi connectivity index (χ3v) is 3.30. The number of rotatable bonds is 8. The highest BCUT2D eigenvalue weighted by molar-refractivity contribution is 5.78. The number of allylic oxidation sites excluding steroid dienone is 5. The van der Waals surface area contributed by atoms with Crippen LogP contribution in [0.25, 0.3) is 0 Å². The van der Waals surface area contributed by atoms with Crippen LogP contribution in [0.4, 0.5) is 0 Å². The first-order valence-corrected chi connectivity index (χ1v) is 9.31. The van der Waals surface area contributed by atoms with Gasteiger partial charge in [-0.3, -0.25) is 4.79 Å². The second-order valence-corrected chi connectivity index (χ2v) is 5.37. The van der Waals surface area contributed by atoms with E-state index in [1.165, 1.54) is 5.57 Å². The van der Waals surface area contributed by atoms with Crippen LogP contribution in [0, 0.1) is 5.41 Å². The lowest BCUT2D eigenvalue weighted by atomic mass is 9.83. The van der Waals surface area contributed by atoms with Crippen LogP contribution in [0.15, 0.2) is 36.5 Å². The molecule has 1 heterocycles. The summed E-state index contributed by atoms with van der Waals surface area (Å²) < 4.78 is 9.92. The molecule has 0 saturated carbocycles. The number of aliphatic hydroxyl groups excluding tert-OH is 1. The van der Waals surface area contributed by atoms with E-state index in [0.29, 0.717) is 26.3 Å². The van der Waals surface area contributed by atoms with Crippen molar-refractivity contribution < 1.29 is 19.4 Å². The standard InChI is InChI=1S/C10H16.C8H15NO3.C2H6.CH4O/c1-4-6-7-9-10(3)8-5-2;1-3-12-7(10)8(6-11-2)4-9-5-8;2*1-2/h5-8H,2,4,9H2,1,3H3;9H,3-6H2,1-2H3;1-2H3;2H,1H3/b7-6-,10-8-;;;. The van der Waals surface area contributed by atoms with Crippen LogP contribution in [0.1, 0.15) is 47.5 Å². The summed E-state index contributed by atoms with van der Waals surface area (Å²) in [6.07, 6.45) is 10.4. The van der Waals surface area contributed by atoms with Gasteiger partial charge in [-0.2, -0.15) is 0 Å². The normalized spacial score (nSPS) is 14.4. The van der Waals surface area contributed by atoms with Crippen molar-refractivity contribution in [3.8, 4) is 0 Å². The van der Waals surface area contributed by atoms with Gasteiger partial charge < -0.3 is 19.9 Å². The number of aliphatic hydroxyl groups is 1. The van der Waals surface area contributed by atoms with E-state index in [2.05, 4.69) is 37.9 Å². The minimum Gasteiger partial charge on any atom is -0.465 e. The molecule has 154 valence electrons. The molecule has 5 nitrogen and oxygen atoms in total. The van der Waals surface area contributed by atoms with Crippen molar-refractivity contribution >= 4 is 5.97 Å². The minimum absolute atomic E-state index is 0.148. The molecule has 0 aromatic heterocycles. The molecule has 5 heteroatoms. The average molecular weight is 372 g/mol. The highest BCUT2D eigenvalue weighted by Gasteiger charge is 2.45. The summed E-state index contributed by atoms with van der Waals surface area (Å²) in [5.74, 6) is -0.148. The van der Waals surface area contributed by atoms with Gasteiger partial charge in [-0.15, -0.1) is 0 Å². The molecule has 0 aromatic rings. The molecule has 0 radical (unpaired) electrons. The zero-order chi connectivity index (χ0) is 20.8. The monoisotopic (exact) mass is 371 g/mol. The largest absolute Gasteiger partial charge is 0.465 e. The molecular formula is C21H41NO4. The average Bonchev–Trinajstić information content (AvgIpc) is 2.63. The van der Waals surface area contributed by atoms with Crippen LogP contribution in [-0.2, 0) is 14.3 Å². The van der Waals surface area contributed by atoms with Gasteiger partial charge in [0, 0.05) is 27.3 Å². The third kappa shape index (κ3) is 13.8. The molecule has 0 spiro atoms. The van der Waals surface area contributed by atoms with E-state index in [4.69, 9.17) is 14.6 Å². The van der Waals surface area contributed by atoms with Crippen LogP contribution in [0.5, 0.6) is 0 Å². The molecule has 1 rings (SSSR count). The van der Waals surface area contributed by atoms with E-state index in [9.17, 15) is 4.79 Å². The van der Waals surface area contributed by atoms with E-state index in [0.717, 1.165) is 20.0 Å². The number of carbonyl (C=O) groups is 1. The zero-order valence-corrected chi connectivity index (χ0v) is 17.9. The Labute approximate surface area is 161 Å². The first-order chi connectivity index (χ1) is 12.6. The van der Waals surface area contributed by atoms with E-state index in [1.54, 1.807) is 7.11 Å². The lowest BCUT2D eigenvalue weighted by Crippen LogP contribution is -2.61. The number of carbonyl (C=O) groups excluding carboxylic acids is 1. The third-order valence-electron chi connectivity index (χ3n) is 3.30. The molecule has 0 atom stereocenters. The molecule has 0 unspecified atom stereocenters. The second kappa shape index (κ2) is 21.6. The van der Waals surface area contributed by atoms with Gasteiger partial charge in [-0.1, -0.05) is 57.2 Å². The fourth-order valence-corrected chi connectivity index (χ4v) is 2.00. The summed E-state index contributed by atoms with van der Waals surface area (Å²) in [5.41, 5.74) is 0.949. The van der Waals surface area contributed by atoms with E-state index in [1.807, 2.05) is 32.9 Å². The Morgan fingerprint density at radius 3 is 2.15 bits per heavy atom. The van der Waals surface area contributed by atoms with Gasteiger partial charge in [0.25, 0.3) is 0 Å². The van der Waals surface area contributed by atoms with Crippen molar-refractivity contribution in [2.75, 3.05) is 40.5 Å². The summed E-state index contributed by atoms with van der Waals surface area (Å²) in [6, 6.07) is 0. The Morgan fingerprint density at radius 1 is 1.23 bits per heavy atom. The van der Waals surface area contributed by atoms with Crippen molar-refractivity contribution in [3.63, 3.8) is 0 Å². The number of methoxy groups -OCH3 is 1. The van der Waals surface area contributed by atoms with Crippen molar-refractivity contribution in [3.05, 3.63) is 36.5 Å². The molecule has 0 bridgehead atoms. The van der Waals surface area contributed by atoms with Gasteiger partial charge in [0.05, 0.1) is 13.2 Å². The SMILES string of the molecule is C=C/C=C(/C)C/C=C\CC.CC.CCOC(=O)C1(COC)CNC1.CO. The Hall–Kier alpha value is -1.43. The van der Waals surface area contributed by atoms with Crippen molar-refractivity contribution in [2.45, 2.75) is 47.5 Å². The molecule has 26 heavy (non-hydrogen) atoms. The van der Waals surface area contributed by atoms with Gasteiger partial charge in [0.1, 0.15) is 5.41 Å². The van der Waals surface area contributed by atoms with Gasteiger partial charge >= 0.3 is 5.97 Å². The second-order valence-electron chi connectivity index (χ2n) is 5.37. The molecule has 2 N–H and O–H groups in total. The lowest BCUT2D eigenvalue weighted by molar-refractivity contribution is -0.162. The molecule has 1 saturated heterocycles. The van der Waals surface area contributed by atoms with Gasteiger partial charge in [-0.25, -0.2) is 0 Å². The summed E-state index contributed by atoms with van der Waals surface area (Å²) >= 11 is 0. The van der Waals surface area contributed by atoms with E-state index in [-0.39, 0.29) is 5.97 Å². The minimum atomic E-state index is -0.412. The Bertz CT molecular complexity index is 385. The van der Waals surface area contributed by atoms with E-state index >= 15 is 0 Å². The maximum absolute atomic E-state index is 11.4. The zero-order valence-electron chi connectivity index (χ0n) is 17.9. The molecule has 0 amide bonds. The molecule has 0 aromatic carbocycles. The Kier molecular flexibility index (Phi) is 24.4. The molecular weight excluding hydrogens is 330 g/mol. The van der Waals surface area contributed by atoms with Crippen molar-refractivity contribution in [1.29, 1.82) is 0 Å². The number of hydrogen-bond donors (Lipinski definition) is 2. The quantitative estimate of drug-likeness (QED) is 0.385.